The summed E-state index contributed by atoms with van der Waals surface area (Å²) in [5, 5.41) is 19.1. The molecule has 0 aliphatic carbocycles. The third-order valence-electron chi connectivity index (χ3n) is 2.68. The molecule has 4 N–H and O–H groups in total. The number of phenolic OH excluding ortho intramolecular Hbond substituents is 1. The minimum Gasteiger partial charge on any atom is -0.506 e. The van der Waals surface area contributed by atoms with Gasteiger partial charge in [0, 0.05) is 12.6 Å². The van der Waals surface area contributed by atoms with E-state index in [4.69, 9.17) is 20.3 Å². The van der Waals surface area contributed by atoms with Crippen molar-refractivity contribution >= 4 is 21.9 Å². The van der Waals surface area contributed by atoms with Crippen molar-refractivity contribution in [3.63, 3.8) is 0 Å². The summed E-state index contributed by atoms with van der Waals surface area (Å²) in [6.45, 7) is 0.539. The number of carboxylic acids is 1. The number of rotatable bonds is 3. The van der Waals surface area contributed by atoms with E-state index in [9.17, 15) is 9.90 Å². The fourth-order valence-electron chi connectivity index (χ4n) is 1.83. The molecule has 1 unspecified atom stereocenters. The number of hydrogen-bond donors (Lipinski definition) is 3. The van der Waals surface area contributed by atoms with Gasteiger partial charge in [0.05, 0.1) is 10.0 Å². The van der Waals surface area contributed by atoms with Gasteiger partial charge in [-0.3, -0.25) is 4.79 Å². The van der Waals surface area contributed by atoms with Crippen LogP contribution in [0.2, 0.25) is 0 Å². The van der Waals surface area contributed by atoms with E-state index in [1.165, 1.54) is 0 Å². The zero-order valence-corrected chi connectivity index (χ0v) is 10.9. The van der Waals surface area contributed by atoms with E-state index in [0.717, 1.165) is 0 Å². The number of fused-ring (bicyclic) bond motifs is 1. The van der Waals surface area contributed by atoms with Gasteiger partial charge in [-0.2, -0.15) is 0 Å². The van der Waals surface area contributed by atoms with Gasteiger partial charge in [0.15, 0.2) is 11.5 Å². The van der Waals surface area contributed by atoms with Crippen molar-refractivity contribution in [2.24, 2.45) is 5.73 Å². The van der Waals surface area contributed by atoms with Crippen molar-refractivity contribution in [3.05, 3.63) is 16.1 Å². The predicted molar refractivity (Wildman–Crippen MR) is 66.2 cm³/mol. The highest BCUT2D eigenvalue weighted by Crippen LogP contribution is 2.47. The topological polar surface area (TPSA) is 102 Å². The van der Waals surface area contributed by atoms with E-state index < -0.39 is 11.9 Å². The third-order valence-corrected chi connectivity index (χ3v) is 3.28. The van der Waals surface area contributed by atoms with Crippen molar-refractivity contribution < 1.29 is 24.5 Å². The summed E-state index contributed by atoms with van der Waals surface area (Å²) < 4.78 is 11.1. The first-order valence-electron chi connectivity index (χ1n) is 5.30. The smallest absolute Gasteiger partial charge is 0.312 e. The maximum atomic E-state index is 11.2. The van der Waals surface area contributed by atoms with E-state index in [-0.39, 0.29) is 23.6 Å². The molecule has 7 heteroatoms. The predicted octanol–water partition coefficient (Wildman–Crippen LogP) is 1.05. The molecule has 2 rings (SSSR count). The number of ether oxygens (including phenoxy) is 2. The van der Waals surface area contributed by atoms with Gasteiger partial charge in [-0.15, -0.1) is 0 Å². The van der Waals surface area contributed by atoms with E-state index in [1.807, 2.05) is 0 Å². The Morgan fingerprint density at radius 1 is 1.50 bits per heavy atom. The number of halogens is 1. The van der Waals surface area contributed by atoms with Crippen molar-refractivity contribution in [1.82, 2.24) is 0 Å². The molecule has 0 aromatic heterocycles. The average Bonchev–Trinajstić information content (AvgIpc) is 2.34. The minimum absolute atomic E-state index is 0.144. The lowest BCUT2D eigenvalue weighted by Gasteiger charge is -2.24. The molecule has 0 saturated heterocycles. The van der Waals surface area contributed by atoms with E-state index in [1.54, 1.807) is 6.07 Å². The Balaban J connectivity index is 2.63. The Bertz CT molecular complexity index is 491. The summed E-state index contributed by atoms with van der Waals surface area (Å²) in [6.07, 6.45) is 0. The van der Waals surface area contributed by atoms with Crippen LogP contribution in [0, 0.1) is 0 Å². The van der Waals surface area contributed by atoms with Crippen LogP contribution in [-0.4, -0.2) is 35.9 Å². The average molecular weight is 318 g/mol. The molecule has 6 nitrogen and oxygen atoms in total. The molecule has 1 atom stereocenters. The first-order chi connectivity index (χ1) is 8.56. The second-order valence-corrected chi connectivity index (χ2v) is 4.63. The van der Waals surface area contributed by atoms with E-state index in [2.05, 4.69) is 15.9 Å². The van der Waals surface area contributed by atoms with Crippen LogP contribution in [0.4, 0.5) is 0 Å². The Morgan fingerprint density at radius 2 is 2.17 bits per heavy atom. The minimum atomic E-state index is -1.12. The Morgan fingerprint density at radius 3 is 2.78 bits per heavy atom. The van der Waals surface area contributed by atoms with Gasteiger partial charge in [-0.1, -0.05) is 0 Å². The fourth-order valence-corrected chi connectivity index (χ4v) is 2.26. The second kappa shape index (κ2) is 5.03. The number of carboxylic acid groups (broad SMARTS) is 1. The first kappa shape index (κ1) is 13.0. The molecule has 1 aromatic rings. The van der Waals surface area contributed by atoms with Gasteiger partial charge >= 0.3 is 5.97 Å². The Hall–Kier alpha value is -1.47. The maximum absolute atomic E-state index is 11.2. The van der Waals surface area contributed by atoms with Gasteiger partial charge in [-0.25, -0.2) is 0 Å². The van der Waals surface area contributed by atoms with Crippen LogP contribution >= 0.6 is 15.9 Å². The molecule has 0 fully saturated rings. The highest BCUT2D eigenvalue weighted by molar-refractivity contribution is 9.10. The van der Waals surface area contributed by atoms with Crippen molar-refractivity contribution in [1.29, 1.82) is 0 Å². The number of hydrogen-bond acceptors (Lipinski definition) is 5. The van der Waals surface area contributed by atoms with Gasteiger partial charge in [0.25, 0.3) is 0 Å². The zero-order valence-electron chi connectivity index (χ0n) is 9.35. The van der Waals surface area contributed by atoms with E-state index >= 15 is 0 Å². The quantitative estimate of drug-likeness (QED) is 0.770. The highest BCUT2D eigenvalue weighted by atomic mass is 79.9. The molecular formula is C11H12BrNO5. The normalized spacial score (nSPS) is 15.2. The lowest BCUT2D eigenvalue weighted by molar-refractivity contribution is -0.138. The maximum Gasteiger partial charge on any atom is 0.312 e. The van der Waals surface area contributed by atoms with Gasteiger partial charge in [-0.05, 0) is 15.9 Å². The van der Waals surface area contributed by atoms with Gasteiger partial charge in [0.2, 0.25) is 0 Å². The molecular weight excluding hydrogens is 306 g/mol. The highest BCUT2D eigenvalue weighted by Gasteiger charge is 2.31. The number of aromatic hydroxyl groups is 1. The second-order valence-electron chi connectivity index (χ2n) is 3.77. The van der Waals surface area contributed by atoms with Crippen molar-refractivity contribution in [2.45, 2.75) is 5.92 Å². The first-order valence-corrected chi connectivity index (χ1v) is 6.09. The van der Waals surface area contributed by atoms with Crippen LogP contribution in [0.3, 0.4) is 0 Å². The molecule has 0 spiro atoms. The molecule has 0 radical (unpaired) electrons. The Labute approximate surface area is 111 Å². The molecule has 98 valence electrons. The molecule has 1 aliphatic rings. The number of nitrogens with two attached hydrogens (primary N) is 1. The van der Waals surface area contributed by atoms with Crippen LogP contribution < -0.4 is 15.2 Å². The van der Waals surface area contributed by atoms with Crippen LogP contribution in [0.1, 0.15) is 11.5 Å². The molecule has 18 heavy (non-hydrogen) atoms. The largest absolute Gasteiger partial charge is 0.506 e. The van der Waals surface area contributed by atoms with Crippen LogP contribution in [-0.2, 0) is 4.79 Å². The number of phenols is 1. The number of benzene rings is 1. The van der Waals surface area contributed by atoms with Crippen LogP contribution in [0.15, 0.2) is 10.5 Å². The molecule has 0 saturated carbocycles. The zero-order chi connectivity index (χ0) is 13.3. The van der Waals surface area contributed by atoms with Gasteiger partial charge < -0.3 is 25.4 Å². The monoisotopic (exact) mass is 317 g/mol. The van der Waals surface area contributed by atoms with Crippen molar-refractivity contribution in [3.8, 4) is 17.2 Å². The third kappa shape index (κ3) is 2.11. The fraction of sp³-hybridized carbons (Fsp3) is 0.364. The summed E-state index contributed by atoms with van der Waals surface area (Å²) in [5.41, 5.74) is 5.60. The molecule has 0 amide bonds. The lowest BCUT2D eigenvalue weighted by Crippen LogP contribution is -2.24. The summed E-state index contributed by atoms with van der Waals surface area (Å²) in [7, 11) is 0. The van der Waals surface area contributed by atoms with Crippen LogP contribution in [0.5, 0.6) is 17.2 Å². The SMILES string of the molecule is NCC(C(=O)O)c1c(O)c(Br)cc2c1OCCO2. The Kier molecular flexibility index (Phi) is 3.63. The van der Waals surface area contributed by atoms with Gasteiger partial charge in [0.1, 0.15) is 24.9 Å². The summed E-state index contributed by atoms with van der Waals surface area (Å²) in [4.78, 5) is 11.2. The molecule has 1 aliphatic heterocycles. The molecule has 1 heterocycles. The summed E-state index contributed by atoms with van der Waals surface area (Å²) in [6, 6.07) is 1.54. The number of aliphatic carboxylic acids is 1. The van der Waals surface area contributed by atoms with Crippen LogP contribution in [0.25, 0.3) is 0 Å². The summed E-state index contributed by atoms with van der Waals surface area (Å²) in [5.74, 6) is -1.70. The summed E-state index contributed by atoms with van der Waals surface area (Å²) >= 11 is 3.15. The van der Waals surface area contributed by atoms with E-state index in [0.29, 0.717) is 23.4 Å². The lowest BCUT2D eigenvalue weighted by atomic mass is 9.96. The molecule has 1 aromatic carbocycles. The molecule has 0 bridgehead atoms. The number of carbonyl (C=O) groups is 1. The van der Waals surface area contributed by atoms with Crippen molar-refractivity contribution in [2.75, 3.05) is 19.8 Å². The standard InChI is InChI=1S/C11H12BrNO5/c12-6-3-7-10(18-2-1-17-7)8(9(6)14)5(4-13)11(15)16/h3,5,14H,1-2,4,13H2,(H,15,16).